The van der Waals surface area contributed by atoms with Crippen LogP contribution in [0.3, 0.4) is 0 Å². The summed E-state index contributed by atoms with van der Waals surface area (Å²) in [6, 6.07) is 17.2. The Morgan fingerprint density at radius 2 is 1.66 bits per heavy atom. The van der Waals surface area contributed by atoms with Crippen LogP contribution < -0.4 is 19.7 Å². The fourth-order valence-electron chi connectivity index (χ4n) is 3.63. The van der Waals surface area contributed by atoms with Crippen molar-refractivity contribution in [2.24, 2.45) is 0 Å². The van der Waals surface area contributed by atoms with Gasteiger partial charge in [0.05, 0.1) is 19.9 Å². The average molecular weight is 434 g/mol. The molecule has 0 unspecified atom stereocenters. The van der Waals surface area contributed by atoms with E-state index in [1.165, 1.54) is 0 Å². The average Bonchev–Trinajstić information content (AvgIpc) is 2.85. The van der Waals surface area contributed by atoms with Crippen molar-refractivity contribution < 1.29 is 14.3 Å². The predicted octanol–water partition coefficient (Wildman–Crippen LogP) is 3.82. The largest absolute Gasteiger partial charge is 0.497 e. The summed E-state index contributed by atoms with van der Waals surface area (Å²) in [6.45, 7) is 4.64. The molecule has 0 spiro atoms. The number of amides is 2. The lowest BCUT2D eigenvalue weighted by molar-refractivity contribution is 0.208. The molecule has 4 rings (SSSR count). The summed E-state index contributed by atoms with van der Waals surface area (Å²) < 4.78 is 10.8. The SMILES string of the molecule is COc1ccc(OC)c(-c2ccc(N3CCN(C(=O)Nc4ccc(C)cc4)CC3)nn2)c1. The number of carbonyl (C=O) groups excluding carboxylic acids is 1. The van der Waals surface area contributed by atoms with E-state index in [2.05, 4.69) is 20.4 Å². The van der Waals surface area contributed by atoms with Gasteiger partial charge < -0.3 is 24.6 Å². The number of hydrogen-bond donors (Lipinski definition) is 1. The van der Waals surface area contributed by atoms with Crippen molar-refractivity contribution in [2.45, 2.75) is 6.92 Å². The van der Waals surface area contributed by atoms with Crippen LogP contribution in [0, 0.1) is 6.92 Å². The van der Waals surface area contributed by atoms with E-state index >= 15 is 0 Å². The van der Waals surface area contributed by atoms with Gasteiger partial charge in [-0.25, -0.2) is 4.79 Å². The molecule has 0 radical (unpaired) electrons. The first-order valence-electron chi connectivity index (χ1n) is 10.5. The summed E-state index contributed by atoms with van der Waals surface area (Å²) in [5.41, 5.74) is 3.50. The number of ether oxygens (including phenoxy) is 2. The molecule has 1 saturated heterocycles. The third kappa shape index (κ3) is 4.74. The molecule has 1 aromatic heterocycles. The Morgan fingerprint density at radius 3 is 2.28 bits per heavy atom. The normalized spacial score (nSPS) is 13.6. The maximum absolute atomic E-state index is 12.6. The minimum atomic E-state index is -0.0833. The lowest BCUT2D eigenvalue weighted by atomic mass is 10.1. The molecule has 1 aliphatic heterocycles. The molecule has 2 heterocycles. The Balaban J connectivity index is 1.38. The van der Waals surface area contributed by atoms with E-state index in [4.69, 9.17) is 9.47 Å². The van der Waals surface area contributed by atoms with Crippen molar-refractivity contribution in [1.29, 1.82) is 0 Å². The number of rotatable bonds is 5. The monoisotopic (exact) mass is 433 g/mol. The number of carbonyl (C=O) groups is 1. The molecule has 1 N–H and O–H groups in total. The quantitative estimate of drug-likeness (QED) is 0.659. The number of hydrogen-bond acceptors (Lipinski definition) is 6. The molecule has 0 saturated carbocycles. The number of aryl methyl sites for hydroxylation is 1. The third-order valence-corrected chi connectivity index (χ3v) is 5.53. The maximum atomic E-state index is 12.6. The molecule has 1 fully saturated rings. The van der Waals surface area contributed by atoms with E-state index in [1.807, 2.05) is 66.4 Å². The van der Waals surface area contributed by atoms with Gasteiger partial charge in [-0.15, -0.1) is 10.2 Å². The van der Waals surface area contributed by atoms with Gasteiger partial charge in [-0.2, -0.15) is 0 Å². The predicted molar refractivity (Wildman–Crippen MR) is 125 cm³/mol. The molecular weight excluding hydrogens is 406 g/mol. The Kier molecular flexibility index (Phi) is 6.39. The van der Waals surface area contributed by atoms with Gasteiger partial charge in [-0.1, -0.05) is 17.7 Å². The molecular formula is C24H27N5O3. The van der Waals surface area contributed by atoms with E-state index < -0.39 is 0 Å². The number of nitrogens with one attached hydrogen (secondary N) is 1. The van der Waals surface area contributed by atoms with E-state index in [1.54, 1.807) is 14.2 Å². The van der Waals surface area contributed by atoms with Gasteiger partial charge in [0.15, 0.2) is 5.82 Å². The van der Waals surface area contributed by atoms with Gasteiger partial charge >= 0.3 is 6.03 Å². The molecule has 2 amide bonds. The Hall–Kier alpha value is -3.81. The van der Waals surface area contributed by atoms with E-state index in [-0.39, 0.29) is 6.03 Å². The van der Waals surface area contributed by atoms with Crippen LogP contribution >= 0.6 is 0 Å². The Labute approximate surface area is 187 Å². The summed E-state index contributed by atoms with van der Waals surface area (Å²) in [7, 11) is 3.25. The molecule has 32 heavy (non-hydrogen) atoms. The highest BCUT2D eigenvalue weighted by Gasteiger charge is 2.22. The first-order valence-corrected chi connectivity index (χ1v) is 10.5. The minimum Gasteiger partial charge on any atom is -0.497 e. The van der Waals surface area contributed by atoms with E-state index in [0.717, 1.165) is 28.4 Å². The molecule has 166 valence electrons. The van der Waals surface area contributed by atoms with Crippen molar-refractivity contribution in [3.05, 3.63) is 60.2 Å². The molecule has 8 heteroatoms. The van der Waals surface area contributed by atoms with Crippen molar-refractivity contribution in [1.82, 2.24) is 15.1 Å². The number of nitrogens with zero attached hydrogens (tertiary/aromatic N) is 4. The smallest absolute Gasteiger partial charge is 0.321 e. The number of piperazine rings is 1. The molecule has 1 aliphatic rings. The highest BCUT2D eigenvalue weighted by molar-refractivity contribution is 5.89. The number of urea groups is 1. The van der Waals surface area contributed by atoms with Gasteiger partial charge in [-0.05, 0) is 49.4 Å². The number of anilines is 2. The number of methoxy groups -OCH3 is 2. The highest BCUT2D eigenvalue weighted by Crippen LogP contribution is 2.32. The van der Waals surface area contributed by atoms with Crippen LogP contribution in [0.4, 0.5) is 16.3 Å². The van der Waals surface area contributed by atoms with Crippen molar-refractivity contribution in [3.63, 3.8) is 0 Å². The summed E-state index contributed by atoms with van der Waals surface area (Å²) >= 11 is 0. The van der Waals surface area contributed by atoms with Crippen LogP contribution in [0.25, 0.3) is 11.3 Å². The Bertz CT molecular complexity index is 1060. The first kappa shape index (κ1) is 21.4. The number of benzene rings is 2. The summed E-state index contributed by atoms with van der Waals surface area (Å²) in [6.07, 6.45) is 0. The summed E-state index contributed by atoms with van der Waals surface area (Å²) in [4.78, 5) is 16.5. The molecule has 3 aromatic rings. The lowest BCUT2D eigenvalue weighted by Gasteiger charge is -2.35. The fourth-order valence-corrected chi connectivity index (χ4v) is 3.63. The summed E-state index contributed by atoms with van der Waals surface area (Å²) in [5.74, 6) is 2.22. The standard InChI is InChI=1S/C24H27N5O3/c1-17-4-6-18(7-5-17)25-24(30)29-14-12-28(13-15-29)23-11-9-21(26-27-23)20-16-19(31-2)8-10-22(20)32-3/h4-11,16H,12-15H2,1-3H3,(H,25,30). The third-order valence-electron chi connectivity index (χ3n) is 5.53. The van der Waals surface area contributed by atoms with E-state index in [9.17, 15) is 4.79 Å². The highest BCUT2D eigenvalue weighted by atomic mass is 16.5. The maximum Gasteiger partial charge on any atom is 0.321 e. The second kappa shape index (κ2) is 9.55. The van der Waals surface area contributed by atoms with Crippen molar-refractivity contribution in [2.75, 3.05) is 50.6 Å². The molecule has 2 aromatic carbocycles. The number of aromatic nitrogens is 2. The van der Waals surface area contributed by atoms with Crippen LogP contribution in [0.2, 0.25) is 0 Å². The zero-order valence-electron chi connectivity index (χ0n) is 18.5. The Morgan fingerprint density at radius 1 is 0.906 bits per heavy atom. The van der Waals surface area contributed by atoms with Gasteiger partial charge in [0, 0.05) is 37.4 Å². The van der Waals surface area contributed by atoms with Gasteiger partial charge in [0.25, 0.3) is 0 Å². The lowest BCUT2D eigenvalue weighted by Crippen LogP contribution is -2.50. The van der Waals surface area contributed by atoms with Crippen LogP contribution in [0.5, 0.6) is 11.5 Å². The molecule has 0 atom stereocenters. The summed E-state index contributed by atoms with van der Waals surface area (Å²) in [5, 5.41) is 11.8. The zero-order valence-corrected chi connectivity index (χ0v) is 18.5. The fraction of sp³-hybridized carbons (Fsp3) is 0.292. The van der Waals surface area contributed by atoms with Crippen LogP contribution in [-0.4, -0.2) is 61.5 Å². The van der Waals surface area contributed by atoms with Crippen LogP contribution in [0.1, 0.15) is 5.56 Å². The second-order valence-electron chi connectivity index (χ2n) is 7.61. The van der Waals surface area contributed by atoms with Crippen LogP contribution in [0.15, 0.2) is 54.6 Å². The molecule has 8 nitrogen and oxygen atoms in total. The topological polar surface area (TPSA) is 79.8 Å². The van der Waals surface area contributed by atoms with Crippen molar-refractivity contribution >= 4 is 17.5 Å². The molecule has 0 aliphatic carbocycles. The van der Waals surface area contributed by atoms with E-state index in [0.29, 0.717) is 37.6 Å². The van der Waals surface area contributed by atoms with Crippen molar-refractivity contribution in [3.8, 4) is 22.8 Å². The minimum absolute atomic E-state index is 0.0833. The second-order valence-corrected chi connectivity index (χ2v) is 7.61. The van der Waals surface area contributed by atoms with Gasteiger partial charge in [0.2, 0.25) is 0 Å². The van der Waals surface area contributed by atoms with Crippen LogP contribution in [-0.2, 0) is 0 Å². The molecule has 0 bridgehead atoms. The van der Waals surface area contributed by atoms with Gasteiger partial charge in [-0.3, -0.25) is 0 Å². The zero-order chi connectivity index (χ0) is 22.5. The van der Waals surface area contributed by atoms with Gasteiger partial charge in [0.1, 0.15) is 11.5 Å². The first-order chi connectivity index (χ1) is 15.6.